The highest BCUT2D eigenvalue weighted by Crippen LogP contribution is 2.32. The third-order valence-electron chi connectivity index (χ3n) is 5.01. The van der Waals surface area contributed by atoms with Gasteiger partial charge < -0.3 is 20.4 Å². The molecule has 0 aromatic carbocycles. The van der Waals surface area contributed by atoms with Gasteiger partial charge in [0.25, 0.3) is 0 Å². The number of allylic oxidation sites excluding steroid dienone is 2. The van der Waals surface area contributed by atoms with Gasteiger partial charge in [0.15, 0.2) is 0 Å². The topological polar surface area (TPSA) is 93.3 Å². The van der Waals surface area contributed by atoms with E-state index in [0.29, 0.717) is 18.5 Å². The molecule has 0 fully saturated rings. The second-order valence-corrected chi connectivity index (χ2v) is 7.10. The standard InChI is InChI=1S/C22H28N4O2/c1-4-5-10-24-22(28)9-8-16-14(2)18(25-15(16)3)12-20-21(27)13-19(26-20)17-7-6-11-23-17/h6-7,11-13,23,26-27H,4-5,8-10H2,1-3H3,(H,24,28)/b18-12-. The number of nitrogens with zero attached hydrogens (tertiary/aromatic N) is 1. The molecule has 2 aromatic rings. The Balaban J connectivity index is 1.72. The maximum absolute atomic E-state index is 12.0. The van der Waals surface area contributed by atoms with E-state index in [-0.39, 0.29) is 11.7 Å². The largest absolute Gasteiger partial charge is 0.506 e. The van der Waals surface area contributed by atoms with Gasteiger partial charge in [-0.25, -0.2) is 0 Å². The number of unbranched alkanes of at least 4 members (excludes halogenated alkanes) is 1. The normalized spacial score (nSPS) is 15.4. The molecule has 3 rings (SSSR count). The quantitative estimate of drug-likeness (QED) is 0.506. The molecule has 0 unspecified atom stereocenters. The number of amides is 1. The summed E-state index contributed by atoms with van der Waals surface area (Å²) in [6.07, 6.45) is 6.90. The van der Waals surface area contributed by atoms with E-state index in [1.54, 1.807) is 6.07 Å². The van der Waals surface area contributed by atoms with Gasteiger partial charge in [0, 0.05) is 30.9 Å². The molecule has 1 aliphatic rings. The van der Waals surface area contributed by atoms with E-state index in [4.69, 9.17) is 0 Å². The van der Waals surface area contributed by atoms with Crippen LogP contribution in [0.1, 0.15) is 52.1 Å². The second kappa shape index (κ2) is 8.78. The molecule has 0 saturated heterocycles. The monoisotopic (exact) mass is 380 g/mol. The van der Waals surface area contributed by atoms with Crippen LogP contribution in [0.4, 0.5) is 0 Å². The van der Waals surface area contributed by atoms with Crippen molar-refractivity contribution < 1.29 is 9.90 Å². The Hall–Kier alpha value is -3.02. The van der Waals surface area contributed by atoms with Crippen LogP contribution in [0.15, 0.2) is 46.2 Å². The highest BCUT2D eigenvalue weighted by molar-refractivity contribution is 6.04. The van der Waals surface area contributed by atoms with E-state index in [0.717, 1.165) is 53.3 Å². The third-order valence-corrected chi connectivity index (χ3v) is 5.01. The van der Waals surface area contributed by atoms with Gasteiger partial charge in [0.05, 0.1) is 22.8 Å². The SMILES string of the molecule is CCCCNC(=O)CCC1=C(C)/C(=C/c2[nH]c(-c3ccc[nH]3)cc2O)N=C1C. The predicted molar refractivity (Wildman–Crippen MR) is 113 cm³/mol. The fraction of sp³-hybridized carbons (Fsp3) is 0.364. The number of hydrogen-bond acceptors (Lipinski definition) is 3. The summed E-state index contributed by atoms with van der Waals surface area (Å²) in [4.78, 5) is 23.0. The van der Waals surface area contributed by atoms with E-state index in [9.17, 15) is 9.90 Å². The summed E-state index contributed by atoms with van der Waals surface area (Å²) in [5.74, 6) is 0.262. The average molecular weight is 380 g/mol. The molecule has 4 N–H and O–H groups in total. The zero-order valence-electron chi connectivity index (χ0n) is 16.7. The van der Waals surface area contributed by atoms with Crippen LogP contribution in [0.25, 0.3) is 17.5 Å². The molecule has 6 heteroatoms. The summed E-state index contributed by atoms with van der Waals surface area (Å²) >= 11 is 0. The summed E-state index contributed by atoms with van der Waals surface area (Å²) in [6, 6.07) is 5.55. The van der Waals surface area contributed by atoms with Crippen molar-refractivity contribution in [2.24, 2.45) is 4.99 Å². The van der Waals surface area contributed by atoms with Crippen LogP contribution in [-0.4, -0.2) is 33.2 Å². The van der Waals surface area contributed by atoms with Gasteiger partial charge in [0.1, 0.15) is 5.75 Å². The van der Waals surface area contributed by atoms with Gasteiger partial charge in [-0.15, -0.1) is 0 Å². The van der Waals surface area contributed by atoms with Crippen molar-refractivity contribution in [1.29, 1.82) is 0 Å². The first-order valence-corrected chi connectivity index (χ1v) is 9.79. The summed E-state index contributed by atoms with van der Waals surface area (Å²) in [5.41, 5.74) is 6.25. The molecule has 0 radical (unpaired) electrons. The lowest BCUT2D eigenvalue weighted by Crippen LogP contribution is -2.24. The minimum atomic E-state index is 0.0802. The van der Waals surface area contributed by atoms with Crippen molar-refractivity contribution in [3.63, 3.8) is 0 Å². The Morgan fingerprint density at radius 1 is 1.32 bits per heavy atom. The lowest BCUT2D eigenvalue weighted by atomic mass is 10.0. The van der Waals surface area contributed by atoms with Crippen LogP contribution < -0.4 is 5.32 Å². The van der Waals surface area contributed by atoms with Crippen molar-refractivity contribution in [2.45, 2.75) is 46.5 Å². The summed E-state index contributed by atoms with van der Waals surface area (Å²) in [6.45, 7) is 6.83. The van der Waals surface area contributed by atoms with Crippen molar-refractivity contribution in [2.75, 3.05) is 6.54 Å². The Morgan fingerprint density at radius 2 is 2.14 bits per heavy atom. The molecular formula is C22H28N4O2. The predicted octanol–water partition coefficient (Wildman–Crippen LogP) is 4.54. The number of aliphatic imine (C=N–C) groups is 1. The average Bonchev–Trinajstić information content (AvgIpc) is 3.36. The van der Waals surface area contributed by atoms with Crippen LogP contribution in [0.3, 0.4) is 0 Å². The van der Waals surface area contributed by atoms with Crippen LogP contribution in [0.2, 0.25) is 0 Å². The number of carbonyl (C=O) groups is 1. The highest BCUT2D eigenvalue weighted by atomic mass is 16.3. The lowest BCUT2D eigenvalue weighted by Gasteiger charge is -2.06. The fourth-order valence-corrected chi connectivity index (χ4v) is 3.35. The van der Waals surface area contributed by atoms with Gasteiger partial charge in [-0.3, -0.25) is 9.79 Å². The molecule has 2 aromatic heterocycles. The molecule has 1 aliphatic heterocycles. The van der Waals surface area contributed by atoms with Crippen molar-refractivity contribution in [3.05, 3.63) is 46.9 Å². The molecule has 0 atom stereocenters. The first-order valence-electron chi connectivity index (χ1n) is 9.79. The first kappa shape index (κ1) is 19.7. The lowest BCUT2D eigenvalue weighted by molar-refractivity contribution is -0.121. The zero-order chi connectivity index (χ0) is 20.1. The Labute approximate surface area is 165 Å². The maximum atomic E-state index is 12.0. The molecule has 148 valence electrons. The van der Waals surface area contributed by atoms with Gasteiger partial charge >= 0.3 is 0 Å². The molecule has 0 saturated carbocycles. The van der Waals surface area contributed by atoms with Crippen molar-refractivity contribution in [3.8, 4) is 17.1 Å². The number of carbonyl (C=O) groups excluding carboxylic acids is 1. The van der Waals surface area contributed by atoms with Gasteiger partial charge in [-0.1, -0.05) is 13.3 Å². The van der Waals surface area contributed by atoms with E-state index < -0.39 is 0 Å². The Bertz CT molecular complexity index is 930. The van der Waals surface area contributed by atoms with Gasteiger partial charge in [0.2, 0.25) is 5.91 Å². The highest BCUT2D eigenvalue weighted by Gasteiger charge is 2.19. The van der Waals surface area contributed by atoms with Crippen LogP contribution in [0.5, 0.6) is 5.75 Å². The Morgan fingerprint density at radius 3 is 2.86 bits per heavy atom. The van der Waals surface area contributed by atoms with Crippen LogP contribution in [0, 0.1) is 0 Å². The van der Waals surface area contributed by atoms with Gasteiger partial charge in [-0.2, -0.15) is 0 Å². The second-order valence-electron chi connectivity index (χ2n) is 7.10. The molecule has 0 aliphatic carbocycles. The number of aromatic amines is 2. The van der Waals surface area contributed by atoms with E-state index in [1.165, 1.54) is 0 Å². The van der Waals surface area contributed by atoms with Crippen molar-refractivity contribution >= 4 is 17.7 Å². The third kappa shape index (κ3) is 4.44. The Kier molecular flexibility index (Phi) is 6.19. The molecule has 28 heavy (non-hydrogen) atoms. The summed E-state index contributed by atoms with van der Waals surface area (Å²) in [5, 5.41) is 13.2. The number of hydrogen-bond donors (Lipinski definition) is 4. The first-order chi connectivity index (χ1) is 13.5. The minimum Gasteiger partial charge on any atom is -0.506 e. The number of nitrogens with one attached hydrogen (secondary N) is 3. The molecule has 6 nitrogen and oxygen atoms in total. The molecule has 3 heterocycles. The number of H-pyrrole nitrogens is 2. The maximum Gasteiger partial charge on any atom is 0.220 e. The van der Waals surface area contributed by atoms with E-state index in [2.05, 4.69) is 27.2 Å². The molecule has 0 spiro atoms. The zero-order valence-corrected chi connectivity index (χ0v) is 16.7. The van der Waals surface area contributed by atoms with E-state index in [1.807, 2.05) is 38.3 Å². The van der Waals surface area contributed by atoms with Gasteiger partial charge in [-0.05, 0) is 56.0 Å². The number of aromatic nitrogens is 2. The number of aromatic hydroxyl groups is 1. The number of rotatable bonds is 8. The molecule has 1 amide bonds. The molecular weight excluding hydrogens is 352 g/mol. The van der Waals surface area contributed by atoms with Crippen molar-refractivity contribution in [1.82, 2.24) is 15.3 Å². The molecule has 0 bridgehead atoms. The van der Waals surface area contributed by atoms with Crippen LogP contribution >= 0.6 is 0 Å². The summed E-state index contributed by atoms with van der Waals surface area (Å²) < 4.78 is 0. The van der Waals surface area contributed by atoms with E-state index >= 15 is 0 Å². The smallest absolute Gasteiger partial charge is 0.220 e. The fourth-order valence-electron chi connectivity index (χ4n) is 3.35. The minimum absolute atomic E-state index is 0.0802. The summed E-state index contributed by atoms with van der Waals surface area (Å²) in [7, 11) is 0. The van der Waals surface area contributed by atoms with Crippen LogP contribution in [-0.2, 0) is 4.79 Å².